The van der Waals surface area contributed by atoms with E-state index in [2.05, 4.69) is 11.4 Å². The van der Waals surface area contributed by atoms with E-state index in [1.807, 2.05) is 41.3 Å². The number of rotatable bonds is 2. The number of para-hydroxylation sites is 2. The van der Waals surface area contributed by atoms with Gasteiger partial charge >= 0.3 is 6.03 Å². The van der Waals surface area contributed by atoms with Crippen LogP contribution in [-0.2, 0) is 12.8 Å². The van der Waals surface area contributed by atoms with Gasteiger partial charge in [-0.15, -0.1) is 0 Å². The number of ether oxygens (including phenoxy) is 2. The van der Waals surface area contributed by atoms with Gasteiger partial charge in [-0.25, -0.2) is 4.79 Å². The van der Waals surface area contributed by atoms with Crippen molar-refractivity contribution in [3.8, 4) is 11.5 Å². The summed E-state index contributed by atoms with van der Waals surface area (Å²) < 4.78 is 11.2. The van der Waals surface area contributed by atoms with Crippen molar-refractivity contribution in [2.75, 3.05) is 25.2 Å². The molecule has 4 rings (SSSR count). The van der Waals surface area contributed by atoms with Gasteiger partial charge in [0.2, 0.25) is 0 Å². The first-order valence-electron chi connectivity index (χ1n) is 8.21. The number of nitrogens with one attached hydrogen (secondary N) is 1. The van der Waals surface area contributed by atoms with Crippen molar-refractivity contribution < 1.29 is 14.3 Å². The first kappa shape index (κ1) is 14.9. The molecule has 1 N–H and O–H groups in total. The lowest BCUT2D eigenvalue weighted by molar-refractivity contribution is 0.214. The van der Waals surface area contributed by atoms with E-state index < -0.39 is 0 Å². The summed E-state index contributed by atoms with van der Waals surface area (Å²) in [4.78, 5) is 14.5. The van der Waals surface area contributed by atoms with Crippen LogP contribution in [0.25, 0.3) is 0 Å². The van der Waals surface area contributed by atoms with Crippen LogP contribution in [0.3, 0.4) is 0 Å². The third-order valence-electron chi connectivity index (χ3n) is 4.64. The molecule has 5 nitrogen and oxygen atoms in total. The van der Waals surface area contributed by atoms with Crippen molar-refractivity contribution in [2.24, 2.45) is 0 Å². The van der Waals surface area contributed by atoms with E-state index in [1.54, 1.807) is 7.11 Å². The van der Waals surface area contributed by atoms with Gasteiger partial charge in [-0.05, 0) is 30.5 Å². The van der Waals surface area contributed by atoms with Crippen LogP contribution in [0, 0.1) is 0 Å². The molecule has 124 valence electrons. The molecule has 0 saturated heterocycles. The van der Waals surface area contributed by atoms with Crippen LogP contribution >= 0.6 is 0 Å². The Morgan fingerprint density at radius 3 is 2.92 bits per heavy atom. The molecule has 24 heavy (non-hydrogen) atoms. The van der Waals surface area contributed by atoms with Gasteiger partial charge in [-0.2, -0.15) is 0 Å². The van der Waals surface area contributed by atoms with E-state index in [-0.39, 0.29) is 12.1 Å². The number of anilines is 1. The zero-order chi connectivity index (χ0) is 16.5. The predicted octanol–water partition coefficient (Wildman–Crippen LogP) is 2.77. The summed E-state index contributed by atoms with van der Waals surface area (Å²) in [6.45, 7) is 1.18. The van der Waals surface area contributed by atoms with Crippen LogP contribution in [0.4, 0.5) is 10.5 Å². The lowest BCUT2D eigenvalue weighted by atomic mass is 10.0. The van der Waals surface area contributed by atoms with Gasteiger partial charge in [0.25, 0.3) is 0 Å². The fourth-order valence-corrected chi connectivity index (χ4v) is 3.45. The fourth-order valence-electron chi connectivity index (χ4n) is 3.45. The Balaban J connectivity index is 1.46. The number of benzene rings is 2. The van der Waals surface area contributed by atoms with Gasteiger partial charge in [-0.3, -0.25) is 4.90 Å². The molecular weight excluding hydrogens is 304 g/mol. The van der Waals surface area contributed by atoms with Gasteiger partial charge in [0.05, 0.1) is 13.2 Å². The summed E-state index contributed by atoms with van der Waals surface area (Å²) in [7, 11) is 1.64. The lowest BCUT2D eigenvalue weighted by Crippen LogP contribution is -2.48. The Hall–Kier alpha value is -2.69. The number of carbonyl (C=O) groups excluding carboxylic acids is 1. The maximum Gasteiger partial charge on any atom is 0.322 e. The number of urea groups is 1. The smallest absolute Gasteiger partial charge is 0.322 e. The van der Waals surface area contributed by atoms with E-state index in [0.29, 0.717) is 6.61 Å². The molecular formula is C19H20N2O3. The number of fused-ring (bicyclic) bond motifs is 2. The monoisotopic (exact) mass is 324 g/mol. The number of carbonyl (C=O) groups is 1. The summed E-state index contributed by atoms with van der Waals surface area (Å²) in [5.41, 5.74) is 3.30. The van der Waals surface area contributed by atoms with E-state index in [9.17, 15) is 4.79 Å². The standard InChI is InChI=1S/C19H20N2O3/c1-23-17-8-4-6-14-11-15(12-24-18(14)17)20-19(22)21-10-9-13-5-2-3-7-16(13)21/h2-8,15H,9-12H2,1H3,(H,20,22). The topological polar surface area (TPSA) is 50.8 Å². The lowest BCUT2D eigenvalue weighted by Gasteiger charge is -2.29. The van der Waals surface area contributed by atoms with Crippen molar-refractivity contribution in [1.82, 2.24) is 5.32 Å². The number of nitrogens with zero attached hydrogens (tertiary/aromatic N) is 1. The molecule has 1 unspecified atom stereocenters. The summed E-state index contributed by atoms with van der Waals surface area (Å²) in [6.07, 6.45) is 1.65. The summed E-state index contributed by atoms with van der Waals surface area (Å²) in [6, 6.07) is 13.8. The second-order valence-electron chi connectivity index (χ2n) is 6.14. The summed E-state index contributed by atoms with van der Waals surface area (Å²) in [5, 5.41) is 3.10. The highest BCUT2D eigenvalue weighted by Gasteiger charge is 2.28. The van der Waals surface area contributed by atoms with Crippen molar-refractivity contribution >= 4 is 11.7 Å². The minimum absolute atomic E-state index is 0.0372. The van der Waals surface area contributed by atoms with Crippen LogP contribution in [0.2, 0.25) is 0 Å². The molecule has 0 saturated carbocycles. The van der Waals surface area contributed by atoms with Crippen molar-refractivity contribution in [3.63, 3.8) is 0 Å². The van der Waals surface area contributed by atoms with Crippen molar-refractivity contribution in [1.29, 1.82) is 0 Å². The third-order valence-corrected chi connectivity index (χ3v) is 4.64. The largest absolute Gasteiger partial charge is 0.493 e. The molecule has 0 spiro atoms. The molecule has 2 aromatic rings. The highest BCUT2D eigenvalue weighted by atomic mass is 16.5. The zero-order valence-corrected chi connectivity index (χ0v) is 13.6. The van der Waals surface area contributed by atoms with Crippen LogP contribution in [-0.4, -0.2) is 32.3 Å². The maximum absolute atomic E-state index is 12.6. The Labute approximate surface area is 141 Å². The maximum atomic E-state index is 12.6. The Bertz CT molecular complexity index is 775. The molecule has 2 aromatic carbocycles. The van der Waals surface area contributed by atoms with Gasteiger partial charge in [0.15, 0.2) is 11.5 Å². The van der Waals surface area contributed by atoms with E-state index in [1.165, 1.54) is 5.56 Å². The minimum atomic E-state index is -0.0557. The van der Waals surface area contributed by atoms with E-state index in [4.69, 9.17) is 9.47 Å². The average molecular weight is 324 g/mol. The predicted molar refractivity (Wildman–Crippen MR) is 92.0 cm³/mol. The Morgan fingerprint density at radius 1 is 1.21 bits per heavy atom. The molecule has 0 aromatic heterocycles. The van der Waals surface area contributed by atoms with E-state index in [0.717, 1.165) is 42.1 Å². The molecule has 0 radical (unpaired) electrons. The molecule has 0 aliphatic carbocycles. The van der Waals surface area contributed by atoms with Crippen molar-refractivity contribution in [3.05, 3.63) is 53.6 Å². The molecule has 2 aliphatic heterocycles. The summed E-state index contributed by atoms with van der Waals surface area (Å²) >= 11 is 0. The molecule has 5 heteroatoms. The highest BCUT2D eigenvalue weighted by molar-refractivity contribution is 5.94. The molecule has 2 aliphatic rings. The van der Waals surface area contributed by atoms with Crippen LogP contribution < -0.4 is 19.7 Å². The fraction of sp³-hybridized carbons (Fsp3) is 0.316. The van der Waals surface area contributed by atoms with Gasteiger partial charge < -0.3 is 14.8 Å². The normalized spacial score (nSPS) is 18.4. The van der Waals surface area contributed by atoms with Gasteiger partial charge in [0, 0.05) is 17.8 Å². The van der Waals surface area contributed by atoms with Gasteiger partial charge in [0.1, 0.15) is 6.61 Å². The Morgan fingerprint density at radius 2 is 2.04 bits per heavy atom. The van der Waals surface area contributed by atoms with Crippen LogP contribution in [0.1, 0.15) is 11.1 Å². The molecule has 1 atom stereocenters. The molecule has 2 heterocycles. The summed E-state index contributed by atoms with van der Waals surface area (Å²) in [5.74, 6) is 1.53. The number of hydrogen-bond donors (Lipinski definition) is 1. The molecule has 2 amide bonds. The third kappa shape index (κ3) is 2.56. The average Bonchev–Trinajstić information content (AvgIpc) is 3.05. The van der Waals surface area contributed by atoms with Gasteiger partial charge in [-0.1, -0.05) is 30.3 Å². The zero-order valence-electron chi connectivity index (χ0n) is 13.6. The molecule has 0 fully saturated rings. The molecule has 0 bridgehead atoms. The number of methoxy groups -OCH3 is 1. The van der Waals surface area contributed by atoms with E-state index >= 15 is 0 Å². The first-order valence-corrected chi connectivity index (χ1v) is 8.21. The minimum Gasteiger partial charge on any atom is -0.493 e. The highest BCUT2D eigenvalue weighted by Crippen LogP contribution is 2.34. The second-order valence-corrected chi connectivity index (χ2v) is 6.14. The van der Waals surface area contributed by atoms with Crippen LogP contribution in [0.5, 0.6) is 11.5 Å². The SMILES string of the molecule is COc1cccc2c1OCC(NC(=O)N1CCc3ccccc31)C2. The first-order chi connectivity index (χ1) is 11.8. The number of hydrogen-bond acceptors (Lipinski definition) is 3. The van der Waals surface area contributed by atoms with Crippen LogP contribution in [0.15, 0.2) is 42.5 Å². The quantitative estimate of drug-likeness (QED) is 0.924. The van der Waals surface area contributed by atoms with Crippen molar-refractivity contribution in [2.45, 2.75) is 18.9 Å². The second kappa shape index (κ2) is 6.07. The Kier molecular flexibility index (Phi) is 3.76. The number of amides is 2.